The number of piperidine rings is 1. The molecule has 19 heavy (non-hydrogen) atoms. The van der Waals surface area contributed by atoms with Crippen molar-refractivity contribution in [3.8, 4) is 0 Å². The molecule has 106 valence electrons. The molecule has 0 spiro atoms. The zero-order valence-electron chi connectivity index (χ0n) is 11.9. The van der Waals surface area contributed by atoms with Crippen LogP contribution in [0.25, 0.3) is 0 Å². The number of carbonyl (C=O) groups is 1. The molecule has 1 unspecified atom stereocenters. The number of thiophene rings is 1. The molecule has 4 heteroatoms. The van der Waals surface area contributed by atoms with Crippen molar-refractivity contribution in [2.24, 2.45) is 0 Å². The van der Waals surface area contributed by atoms with Crippen molar-refractivity contribution < 1.29 is 4.79 Å². The van der Waals surface area contributed by atoms with Crippen LogP contribution in [-0.4, -0.2) is 36.5 Å². The van der Waals surface area contributed by atoms with Crippen LogP contribution in [0, 0.1) is 6.92 Å². The maximum Gasteiger partial charge on any atom is 0.261 e. The minimum atomic E-state index is 0.0826. The molecule has 1 aromatic rings. The first-order valence-corrected chi connectivity index (χ1v) is 8.13. The third-order valence-electron chi connectivity index (χ3n) is 3.92. The topological polar surface area (TPSA) is 32.3 Å². The van der Waals surface area contributed by atoms with Crippen LogP contribution in [0.5, 0.6) is 0 Å². The second-order valence-electron chi connectivity index (χ2n) is 5.42. The number of carbonyl (C=O) groups excluding carboxylic acids is 1. The second kappa shape index (κ2) is 7.06. The van der Waals surface area contributed by atoms with E-state index in [2.05, 4.69) is 17.1 Å². The molecule has 2 rings (SSSR count). The van der Waals surface area contributed by atoms with E-state index in [4.69, 9.17) is 0 Å². The summed E-state index contributed by atoms with van der Waals surface area (Å²) in [7, 11) is 0. The highest BCUT2D eigenvalue weighted by atomic mass is 32.1. The highest BCUT2D eigenvalue weighted by molar-refractivity contribution is 7.12. The van der Waals surface area contributed by atoms with Crippen LogP contribution in [0.1, 0.15) is 47.8 Å². The summed E-state index contributed by atoms with van der Waals surface area (Å²) in [6, 6.07) is 2.71. The molecular formula is C15H24N2OS. The molecule has 1 amide bonds. The van der Waals surface area contributed by atoms with Gasteiger partial charge in [-0.05, 0) is 56.7 Å². The first-order chi connectivity index (χ1) is 9.18. The highest BCUT2D eigenvalue weighted by Crippen LogP contribution is 2.16. The Kier molecular flexibility index (Phi) is 5.40. The van der Waals surface area contributed by atoms with E-state index in [-0.39, 0.29) is 5.91 Å². The lowest BCUT2D eigenvalue weighted by molar-refractivity contribution is 0.0952. The van der Waals surface area contributed by atoms with E-state index >= 15 is 0 Å². The maximum absolute atomic E-state index is 11.9. The SMILES string of the molecule is Cc1ccsc1C(=O)NCCCN1CCCCC1C. The van der Waals surface area contributed by atoms with Crippen LogP contribution in [0.2, 0.25) is 0 Å². The largest absolute Gasteiger partial charge is 0.351 e. The quantitative estimate of drug-likeness (QED) is 0.841. The predicted octanol–water partition coefficient (Wildman–Crippen LogP) is 3.05. The monoisotopic (exact) mass is 280 g/mol. The summed E-state index contributed by atoms with van der Waals surface area (Å²) in [5.41, 5.74) is 1.08. The van der Waals surface area contributed by atoms with Gasteiger partial charge in [0.15, 0.2) is 0 Å². The average molecular weight is 280 g/mol. The second-order valence-corrected chi connectivity index (χ2v) is 6.34. The van der Waals surface area contributed by atoms with E-state index in [0.29, 0.717) is 6.04 Å². The molecule has 1 N–H and O–H groups in total. The van der Waals surface area contributed by atoms with Gasteiger partial charge in [-0.2, -0.15) is 0 Å². The van der Waals surface area contributed by atoms with E-state index in [1.807, 2.05) is 18.4 Å². The molecule has 1 aliphatic heterocycles. The number of nitrogens with one attached hydrogen (secondary N) is 1. The van der Waals surface area contributed by atoms with Gasteiger partial charge in [-0.3, -0.25) is 4.79 Å². The van der Waals surface area contributed by atoms with Crippen molar-refractivity contribution in [2.75, 3.05) is 19.6 Å². The van der Waals surface area contributed by atoms with Gasteiger partial charge >= 0.3 is 0 Å². The van der Waals surface area contributed by atoms with Crippen LogP contribution in [0.15, 0.2) is 11.4 Å². The van der Waals surface area contributed by atoms with Gasteiger partial charge in [-0.1, -0.05) is 6.42 Å². The van der Waals surface area contributed by atoms with Crippen LogP contribution in [0.4, 0.5) is 0 Å². The number of aryl methyl sites for hydroxylation is 1. The van der Waals surface area contributed by atoms with E-state index in [9.17, 15) is 4.79 Å². The first-order valence-electron chi connectivity index (χ1n) is 7.25. The molecule has 1 aliphatic rings. The Morgan fingerprint density at radius 1 is 1.53 bits per heavy atom. The molecule has 0 saturated carbocycles. The van der Waals surface area contributed by atoms with E-state index in [1.165, 1.54) is 37.1 Å². The molecule has 2 heterocycles. The standard InChI is InChI=1S/C15H24N2OS/c1-12-7-11-19-14(12)15(18)16-8-5-10-17-9-4-3-6-13(17)2/h7,11,13H,3-6,8-10H2,1-2H3,(H,16,18). The number of likely N-dealkylation sites (tertiary alicyclic amines) is 1. The number of nitrogens with zero attached hydrogens (tertiary/aromatic N) is 1. The van der Waals surface area contributed by atoms with Crippen LogP contribution >= 0.6 is 11.3 Å². The fourth-order valence-corrected chi connectivity index (χ4v) is 3.50. The Balaban J connectivity index is 1.67. The molecule has 1 atom stereocenters. The molecule has 0 aromatic carbocycles. The van der Waals surface area contributed by atoms with Gasteiger partial charge < -0.3 is 10.2 Å². The summed E-state index contributed by atoms with van der Waals surface area (Å²) in [5.74, 6) is 0.0826. The van der Waals surface area contributed by atoms with Crippen LogP contribution < -0.4 is 5.32 Å². The van der Waals surface area contributed by atoms with E-state index in [0.717, 1.165) is 30.0 Å². The van der Waals surface area contributed by atoms with Crippen LogP contribution in [-0.2, 0) is 0 Å². The Morgan fingerprint density at radius 2 is 2.37 bits per heavy atom. The fourth-order valence-electron chi connectivity index (χ4n) is 2.66. The number of rotatable bonds is 5. The van der Waals surface area contributed by atoms with Crippen molar-refractivity contribution in [3.63, 3.8) is 0 Å². The van der Waals surface area contributed by atoms with Gasteiger partial charge in [0.05, 0.1) is 4.88 Å². The summed E-state index contributed by atoms with van der Waals surface area (Å²) in [6.07, 6.45) is 5.05. The van der Waals surface area contributed by atoms with Crippen molar-refractivity contribution in [2.45, 2.75) is 45.6 Å². The highest BCUT2D eigenvalue weighted by Gasteiger charge is 2.17. The minimum absolute atomic E-state index is 0.0826. The fraction of sp³-hybridized carbons (Fsp3) is 0.667. The summed E-state index contributed by atoms with van der Waals surface area (Å²) in [5, 5.41) is 5.00. The Bertz CT molecular complexity index is 416. The molecule has 1 saturated heterocycles. The molecule has 1 aromatic heterocycles. The summed E-state index contributed by atoms with van der Waals surface area (Å²) in [4.78, 5) is 15.3. The molecule has 0 bridgehead atoms. The molecule has 1 fully saturated rings. The van der Waals surface area contributed by atoms with Gasteiger partial charge in [0.1, 0.15) is 0 Å². The Labute approximate surface area is 120 Å². The minimum Gasteiger partial charge on any atom is -0.351 e. The molecule has 0 radical (unpaired) electrons. The number of hydrogen-bond donors (Lipinski definition) is 1. The third-order valence-corrected chi connectivity index (χ3v) is 4.93. The Hall–Kier alpha value is -0.870. The van der Waals surface area contributed by atoms with E-state index < -0.39 is 0 Å². The summed E-state index contributed by atoms with van der Waals surface area (Å²) < 4.78 is 0. The summed E-state index contributed by atoms with van der Waals surface area (Å²) in [6.45, 7) is 7.40. The smallest absolute Gasteiger partial charge is 0.261 e. The lowest BCUT2D eigenvalue weighted by atomic mass is 10.0. The maximum atomic E-state index is 11.9. The molecule has 3 nitrogen and oxygen atoms in total. The summed E-state index contributed by atoms with van der Waals surface area (Å²) >= 11 is 1.52. The van der Waals surface area contributed by atoms with Crippen molar-refractivity contribution in [3.05, 3.63) is 21.9 Å². The van der Waals surface area contributed by atoms with Gasteiger partial charge in [0.25, 0.3) is 5.91 Å². The van der Waals surface area contributed by atoms with Gasteiger partial charge in [0.2, 0.25) is 0 Å². The van der Waals surface area contributed by atoms with Crippen molar-refractivity contribution in [1.82, 2.24) is 10.2 Å². The van der Waals surface area contributed by atoms with Crippen molar-refractivity contribution in [1.29, 1.82) is 0 Å². The predicted molar refractivity (Wildman–Crippen MR) is 80.9 cm³/mol. The van der Waals surface area contributed by atoms with Gasteiger partial charge in [-0.15, -0.1) is 11.3 Å². The van der Waals surface area contributed by atoms with Crippen molar-refractivity contribution >= 4 is 17.2 Å². The number of amides is 1. The zero-order valence-corrected chi connectivity index (χ0v) is 12.8. The van der Waals surface area contributed by atoms with E-state index in [1.54, 1.807) is 0 Å². The van der Waals surface area contributed by atoms with Gasteiger partial charge in [-0.25, -0.2) is 0 Å². The lowest BCUT2D eigenvalue weighted by Gasteiger charge is -2.33. The van der Waals surface area contributed by atoms with Gasteiger partial charge in [0, 0.05) is 19.1 Å². The normalized spacial score (nSPS) is 20.4. The molecular weight excluding hydrogens is 256 g/mol. The lowest BCUT2D eigenvalue weighted by Crippen LogP contribution is -2.39. The van der Waals surface area contributed by atoms with Crippen LogP contribution in [0.3, 0.4) is 0 Å². The average Bonchev–Trinajstić information content (AvgIpc) is 2.82. The zero-order chi connectivity index (χ0) is 13.7. The molecule has 0 aliphatic carbocycles. The number of hydrogen-bond acceptors (Lipinski definition) is 3. The first kappa shape index (κ1) is 14.5. The Morgan fingerprint density at radius 3 is 3.05 bits per heavy atom. The third kappa shape index (κ3) is 4.05.